The van der Waals surface area contributed by atoms with Crippen molar-refractivity contribution in [3.05, 3.63) is 72.3 Å². The van der Waals surface area contributed by atoms with Gasteiger partial charge in [0, 0.05) is 23.4 Å². The lowest BCUT2D eigenvalue weighted by molar-refractivity contribution is -0.141. The molecule has 0 saturated heterocycles. The van der Waals surface area contributed by atoms with E-state index in [1.807, 2.05) is 28.8 Å². The summed E-state index contributed by atoms with van der Waals surface area (Å²) in [5.41, 5.74) is 0.715. The minimum Gasteiger partial charge on any atom is -0.507 e. The van der Waals surface area contributed by atoms with Crippen molar-refractivity contribution in [3.63, 3.8) is 0 Å². The second-order valence-electron chi connectivity index (χ2n) is 8.67. The zero-order chi connectivity index (χ0) is 23.0. The standard InChI is InChI=1S/C26H25N3O4/c30-22-14-6-4-11-19(22)17-8-7-15-26(16-17,25(32)33)28-27-23-20-12-3-5-13-21(20)29(24(23)31)18-9-1-2-10-18/h3-8,11-15,18,30-31H,1-2,9-10,16H2,(H,32,33). The Morgan fingerprint density at radius 2 is 1.76 bits per heavy atom. The molecule has 168 valence electrons. The van der Waals surface area contributed by atoms with Crippen LogP contribution in [0, 0.1) is 0 Å². The Hall–Kier alpha value is -3.87. The summed E-state index contributed by atoms with van der Waals surface area (Å²) in [6.45, 7) is 0. The highest BCUT2D eigenvalue weighted by atomic mass is 16.4. The van der Waals surface area contributed by atoms with E-state index in [0.717, 1.165) is 36.6 Å². The van der Waals surface area contributed by atoms with Crippen LogP contribution < -0.4 is 0 Å². The zero-order valence-electron chi connectivity index (χ0n) is 18.1. The third kappa shape index (κ3) is 3.59. The molecule has 5 rings (SSSR count). The van der Waals surface area contributed by atoms with Crippen LogP contribution in [-0.2, 0) is 4.79 Å². The van der Waals surface area contributed by atoms with Crippen molar-refractivity contribution < 1.29 is 20.1 Å². The molecule has 7 heteroatoms. The molecule has 1 aromatic heterocycles. The normalized spacial score (nSPS) is 21.2. The first kappa shape index (κ1) is 21.0. The van der Waals surface area contributed by atoms with Crippen LogP contribution in [0.15, 0.2) is 77.0 Å². The van der Waals surface area contributed by atoms with Gasteiger partial charge in [0.2, 0.25) is 11.4 Å². The Morgan fingerprint density at radius 3 is 2.52 bits per heavy atom. The van der Waals surface area contributed by atoms with Gasteiger partial charge in [-0.25, -0.2) is 4.79 Å². The number of nitrogens with zero attached hydrogens (tertiary/aromatic N) is 3. The Morgan fingerprint density at radius 1 is 1.03 bits per heavy atom. The van der Waals surface area contributed by atoms with Gasteiger partial charge in [0.05, 0.1) is 5.52 Å². The fraction of sp³-hybridized carbons (Fsp3) is 0.269. The van der Waals surface area contributed by atoms with Crippen LogP contribution in [0.3, 0.4) is 0 Å². The van der Waals surface area contributed by atoms with E-state index >= 15 is 0 Å². The van der Waals surface area contributed by atoms with Gasteiger partial charge >= 0.3 is 5.97 Å². The summed E-state index contributed by atoms with van der Waals surface area (Å²) in [5, 5.41) is 40.8. The lowest BCUT2D eigenvalue weighted by atomic mass is 9.84. The molecule has 1 saturated carbocycles. The number of para-hydroxylation sites is 2. The van der Waals surface area contributed by atoms with Gasteiger partial charge in [-0.15, -0.1) is 5.11 Å². The van der Waals surface area contributed by atoms with Crippen molar-refractivity contribution in [2.45, 2.75) is 43.7 Å². The molecule has 0 spiro atoms. The number of carbonyl (C=O) groups is 1. The topological polar surface area (TPSA) is 107 Å². The highest BCUT2D eigenvalue weighted by molar-refractivity contribution is 5.95. The van der Waals surface area contributed by atoms with Crippen molar-refractivity contribution in [1.82, 2.24) is 4.57 Å². The summed E-state index contributed by atoms with van der Waals surface area (Å²) in [4.78, 5) is 12.4. The number of carboxylic acids is 1. The van der Waals surface area contributed by atoms with Gasteiger partial charge in [-0.05, 0) is 36.6 Å². The Kier molecular flexibility index (Phi) is 5.24. The molecular weight excluding hydrogens is 418 g/mol. The number of aliphatic carboxylic acids is 1. The van der Waals surface area contributed by atoms with E-state index in [-0.39, 0.29) is 29.8 Å². The third-order valence-electron chi connectivity index (χ3n) is 6.63. The van der Waals surface area contributed by atoms with Crippen molar-refractivity contribution in [3.8, 4) is 11.6 Å². The SMILES string of the molecule is O=C(O)C1(N=Nc2c(O)n(C3CCCC3)c3ccccc23)C=CC=C(c2ccccc2O)C1. The van der Waals surface area contributed by atoms with E-state index in [9.17, 15) is 20.1 Å². The second-order valence-corrected chi connectivity index (χ2v) is 8.67. The molecule has 7 nitrogen and oxygen atoms in total. The number of hydrogen-bond acceptors (Lipinski definition) is 5. The van der Waals surface area contributed by atoms with Crippen molar-refractivity contribution in [2.75, 3.05) is 0 Å². The molecule has 33 heavy (non-hydrogen) atoms. The molecule has 1 unspecified atom stereocenters. The largest absolute Gasteiger partial charge is 0.507 e. The molecule has 2 aromatic carbocycles. The van der Waals surface area contributed by atoms with E-state index < -0.39 is 11.5 Å². The average molecular weight is 444 g/mol. The summed E-state index contributed by atoms with van der Waals surface area (Å²) < 4.78 is 1.91. The molecule has 1 atom stereocenters. The van der Waals surface area contributed by atoms with Crippen molar-refractivity contribution in [1.29, 1.82) is 0 Å². The fourth-order valence-corrected chi connectivity index (χ4v) is 4.92. The van der Waals surface area contributed by atoms with E-state index in [1.54, 1.807) is 36.4 Å². The minimum absolute atomic E-state index is 0.0173. The quantitative estimate of drug-likeness (QED) is 0.413. The molecule has 0 radical (unpaired) electrons. The fourth-order valence-electron chi connectivity index (χ4n) is 4.92. The van der Waals surface area contributed by atoms with Gasteiger partial charge < -0.3 is 19.9 Å². The molecule has 3 aromatic rings. The second kappa shape index (κ2) is 8.24. The highest BCUT2D eigenvalue weighted by Crippen LogP contribution is 2.45. The van der Waals surface area contributed by atoms with Crippen LogP contribution in [0.2, 0.25) is 0 Å². The van der Waals surface area contributed by atoms with E-state index in [4.69, 9.17) is 0 Å². The summed E-state index contributed by atoms with van der Waals surface area (Å²) >= 11 is 0. The van der Waals surface area contributed by atoms with Gasteiger partial charge in [-0.3, -0.25) is 0 Å². The maximum absolute atomic E-state index is 12.4. The Labute approximate surface area is 191 Å². The molecule has 2 aliphatic rings. The number of fused-ring (bicyclic) bond motifs is 1. The van der Waals surface area contributed by atoms with Gasteiger partial charge in [0.15, 0.2) is 5.69 Å². The van der Waals surface area contributed by atoms with Crippen molar-refractivity contribution >= 4 is 28.1 Å². The maximum atomic E-state index is 12.4. The molecule has 0 bridgehead atoms. The van der Waals surface area contributed by atoms with Crippen molar-refractivity contribution in [2.24, 2.45) is 10.2 Å². The number of azo groups is 1. The molecule has 0 aliphatic heterocycles. The number of aromatic hydroxyl groups is 2. The average Bonchev–Trinajstić information content (AvgIpc) is 3.44. The number of benzene rings is 2. The molecule has 1 fully saturated rings. The Balaban J connectivity index is 1.56. The van der Waals surface area contributed by atoms with Crippen LogP contribution in [0.25, 0.3) is 16.5 Å². The summed E-state index contributed by atoms with van der Waals surface area (Å²) in [5.74, 6) is -1.06. The first-order valence-corrected chi connectivity index (χ1v) is 11.1. The van der Waals surface area contributed by atoms with Gasteiger partial charge in [0.1, 0.15) is 5.75 Å². The van der Waals surface area contributed by atoms with E-state index in [0.29, 0.717) is 11.1 Å². The number of phenolic OH excluding ortho intramolecular Hbond substituents is 1. The maximum Gasteiger partial charge on any atom is 0.337 e. The summed E-state index contributed by atoms with van der Waals surface area (Å²) in [7, 11) is 0. The van der Waals surface area contributed by atoms with Crippen LogP contribution in [0.5, 0.6) is 11.6 Å². The first-order valence-electron chi connectivity index (χ1n) is 11.1. The molecule has 3 N–H and O–H groups in total. The minimum atomic E-state index is -1.64. The highest BCUT2D eigenvalue weighted by Gasteiger charge is 2.39. The number of allylic oxidation sites excluding steroid dienone is 2. The van der Waals surface area contributed by atoms with Crippen LogP contribution in [0.4, 0.5) is 5.69 Å². The van der Waals surface area contributed by atoms with Gasteiger partial charge in [-0.1, -0.05) is 61.4 Å². The summed E-state index contributed by atoms with van der Waals surface area (Å²) in [6, 6.07) is 14.6. The van der Waals surface area contributed by atoms with E-state index in [2.05, 4.69) is 10.2 Å². The zero-order valence-corrected chi connectivity index (χ0v) is 18.1. The van der Waals surface area contributed by atoms with Gasteiger partial charge in [0.25, 0.3) is 0 Å². The predicted octanol–water partition coefficient (Wildman–Crippen LogP) is 6.12. The molecule has 0 amide bonds. The third-order valence-corrected chi connectivity index (χ3v) is 6.63. The van der Waals surface area contributed by atoms with Crippen LogP contribution >= 0.6 is 0 Å². The smallest absolute Gasteiger partial charge is 0.337 e. The molecule has 1 heterocycles. The first-order chi connectivity index (χ1) is 16.0. The van der Waals surface area contributed by atoms with E-state index in [1.165, 1.54) is 6.08 Å². The number of aromatic nitrogens is 1. The lowest BCUT2D eigenvalue weighted by Crippen LogP contribution is -2.35. The van der Waals surface area contributed by atoms with Crippen LogP contribution in [0.1, 0.15) is 43.7 Å². The number of hydrogen-bond donors (Lipinski definition) is 3. The monoisotopic (exact) mass is 443 g/mol. The predicted molar refractivity (Wildman–Crippen MR) is 126 cm³/mol. The Bertz CT molecular complexity index is 1310. The number of phenols is 1. The van der Waals surface area contributed by atoms with Crippen LogP contribution in [-0.4, -0.2) is 31.4 Å². The summed E-state index contributed by atoms with van der Waals surface area (Å²) in [6.07, 6.45) is 9.12. The lowest BCUT2D eigenvalue weighted by Gasteiger charge is -2.25. The van der Waals surface area contributed by atoms with Gasteiger partial charge in [-0.2, -0.15) is 5.11 Å². The number of rotatable bonds is 5. The molecular formula is C26H25N3O4. The molecule has 2 aliphatic carbocycles. The number of carboxylic acid groups (broad SMARTS) is 1.